The Balaban J connectivity index is 1.86. The lowest BCUT2D eigenvalue weighted by atomic mass is 9.94. The molecule has 0 bridgehead atoms. The Kier molecular flexibility index (Phi) is 5.46. The van der Waals surface area contributed by atoms with Crippen LogP contribution in [0.3, 0.4) is 0 Å². The molecule has 0 spiro atoms. The molecule has 2 heterocycles. The van der Waals surface area contributed by atoms with Crippen LogP contribution in [0.25, 0.3) is 5.76 Å². The number of amides is 1. The minimum absolute atomic E-state index is 0.0227. The number of rotatable bonds is 6. The number of fused-ring (bicyclic) bond motifs is 1. The van der Waals surface area contributed by atoms with Crippen LogP contribution < -0.4 is 14.2 Å². The first kappa shape index (κ1) is 20.6. The number of hydrogen-bond donors (Lipinski definition) is 2. The van der Waals surface area contributed by atoms with Crippen molar-refractivity contribution < 1.29 is 34.0 Å². The average molecular weight is 425 g/mol. The van der Waals surface area contributed by atoms with Gasteiger partial charge in [0.1, 0.15) is 5.76 Å². The number of aromatic hydroxyl groups is 1. The lowest BCUT2D eigenvalue weighted by Crippen LogP contribution is -2.30. The first-order valence-electron chi connectivity index (χ1n) is 10.1. The van der Waals surface area contributed by atoms with E-state index in [0.29, 0.717) is 42.2 Å². The largest absolute Gasteiger partial charge is 0.507 e. The molecule has 2 aromatic rings. The van der Waals surface area contributed by atoms with E-state index in [4.69, 9.17) is 14.2 Å². The Hall–Kier alpha value is -3.68. The van der Waals surface area contributed by atoms with E-state index in [-0.39, 0.29) is 29.6 Å². The van der Waals surface area contributed by atoms with Crippen molar-refractivity contribution in [2.24, 2.45) is 0 Å². The first-order valence-corrected chi connectivity index (χ1v) is 10.1. The van der Waals surface area contributed by atoms with E-state index in [1.165, 1.54) is 11.0 Å². The fourth-order valence-electron chi connectivity index (χ4n) is 3.87. The number of ketones is 1. The van der Waals surface area contributed by atoms with Crippen molar-refractivity contribution >= 4 is 17.4 Å². The first-order chi connectivity index (χ1) is 15.0. The van der Waals surface area contributed by atoms with E-state index in [1.54, 1.807) is 37.3 Å². The lowest BCUT2D eigenvalue weighted by molar-refractivity contribution is -0.139. The molecule has 1 unspecified atom stereocenters. The number of nitrogens with zero attached hydrogens (tertiary/aromatic N) is 1. The minimum Gasteiger partial charge on any atom is -0.507 e. The van der Waals surface area contributed by atoms with Gasteiger partial charge < -0.3 is 29.3 Å². The Bertz CT molecular complexity index is 1080. The quantitative estimate of drug-likeness (QED) is 0.415. The number of hydrogen-bond acceptors (Lipinski definition) is 7. The summed E-state index contributed by atoms with van der Waals surface area (Å²) in [4.78, 5) is 27.2. The van der Waals surface area contributed by atoms with Gasteiger partial charge >= 0.3 is 0 Å². The van der Waals surface area contributed by atoms with Gasteiger partial charge in [-0.1, -0.05) is 13.0 Å². The van der Waals surface area contributed by atoms with Gasteiger partial charge in [-0.3, -0.25) is 9.59 Å². The van der Waals surface area contributed by atoms with E-state index in [2.05, 4.69) is 0 Å². The second-order valence-electron chi connectivity index (χ2n) is 7.22. The van der Waals surface area contributed by atoms with Crippen molar-refractivity contribution in [1.29, 1.82) is 0 Å². The minimum atomic E-state index is -0.815. The van der Waals surface area contributed by atoms with E-state index >= 15 is 0 Å². The van der Waals surface area contributed by atoms with Crippen molar-refractivity contribution in [2.45, 2.75) is 26.3 Å². The number of aliphatic hydroxyl groups excluding tert-OH is 1. The van der Waals surface area contributed by atoms with Crippen molar-refractivity contribution in [2.75, 3.05) is 19.9 Å². The molecule has 8 heteroatoms. The van der Waals surface area contributed by atoms with Gasteiger partial charge in [-0.2, -0.15) is 0 Å². The molecule has 2 aliphatic rings. The second kappa shape index (κ2) is 8.22. The van der Waals surface area contributed by atoms with Gasteiger partial charge in [0.05, 0.1) is 18.2 Å². The Morgan fingerprint density at radius 3 is 2.65 bits per heavy atom. The molecule has 0 radical (unpaired) electrons. The molecule has 162 valence electrons. The summed E-state index contributed by atoms with van der Waals surface area (Å²) >= 11 is 0. The highest BCUT2D eigenvalue weighted by Crippen LogP contribution is 2.43. The predicted octanol–water partition coefficient (Wildman–Crippen LogP) is 3.35. The van der Waals surface area contributed by atoms with Crippen LogP contribution in [0.1, 0.15) is 37.4 Å². The monoisotopic (exact) mass is 425 g/mol. The van der Waals surface area contributed by atoms with Gasteiger partial charge in [0.15, 0.2) is 23.0 Å². The number of phenolic OH excluding ortho intramolecular Hbond substituents is 1. The number of carbonyl (C=O) groups excluding carboxylic acids is 2. The third-order valence-corrected chi connectivity index (χ3v) is 5.25. The van der Waals surface area contributed by atoms with Crippen LogP contribution in [-0.4, -0.2) is 46.7 Å². The van der Waals surface area contributed by atoms with Crippen LogP contribution in [0.2, 0.25) is 0 Å². The summed E-state index contributed by atoms with van der Waals surface area (Å²) in [6, 6.07) is 8.66. The summed E-state index contributed by atoms with van der Waals surface area (Å²) in [5, 5.41) is 21.2. The van der Waals surface area contributed by atoms with Crippen LogP contribution >= 0.6 is 0 Å². The van der Waals surface area contributed by atoms with Gasteiger partial charge in [-0.05, 0) is 49.2 Å². The number of phenols is 1. The predicted molar refractivity (Wildman–Crippen MR) is 111 cm³/mol. The molecule has 8 nitrogen and oxygen atoms in total. The molecule has 0 aliphatic carbocycles. The molecule has 31 heavy (non-hydrogen) atoms. The van der Waals surface area contributed by atoms with Crippen molar-refractivity contribution in [1.82, 2.24) is 4.90 Å². The fourth-order valence-corrected chi connectivity index (χ4v) is 3.87. The van der Waals surface area contributed by atoms with Crippen LogP contribution in [0.15, 0.2) is 42.0 Å². The summed E-state index contributed by atoms with van der Waals surface area (Å²) < 4.78 is 16.1. The molecule has 1 fully saturated rings. The normalized spacial score (nSPS) is 19.2. The smallest absolute Gasteiger partial charge is 0.295 e. The molecule has 2 aliphatic heterocycles. The van der Waals surface area contributed by atoms with Crippen LogP contribution in [-0.2, 0) is 9.59 Å². The third kappa shape index (κ3) is 3.54. The molecule has 4 rings (SSSR count). The highest BCUT2D eigenvalue weighted by atomic mass is 16.7. The van der Waals surface area contributed by atoms with Crippen LogP contribution in [0, 0.1) is 0 Å². The van der Waals surface area contributed by atoms with E-state index in [0.717, 1.165) is 0 Å². The zero-order valence-corrected chi connectivity index (χ0v) is 17.3. The van der Waals surface area contributed by atoms with Gasteiger partial charge in [-0.25, -0.2) is 0 Å². The number of carbonyl (C=O) groups is 2. The number of likely N-dealkylation sites (tertiary alicyclic amines) is 1. The van der Waals surface area contributed by atoms with Crippen molar-refractivity contribution in [3.05, 3.63) is 53.1 Å². The van der Waals surface area contributed by atoms with Crippen molar-refractivity contribution in [3.63, 3.8) is 0 Å². The van der Waals surface area contributed by atoms with Crippen LogP contribution in [0.5, 0.6) is 23.0 Å². The van der Waals surface area contributed by atoms with E-state index in [1.807, 2.05) is 6.92 Å². The second-order valence-corrected chi connectivity index (χ2v) is 7.22. The summed E-state index contributed by atoms with van der Waals surface area (Å²) in [5.74, 6) is -0.559. The third-order valence-electron chi connectivity index (χ3n) is 5.25. The molecule has 2 aromatic carbocycles. The maximum Gasteiger partial charge on any atom is 0.295 e. The van der Waals surface area contributed by atoms with Gasteiger partial charge in [0, 0.05) is 12.1 Å². The summed E-state index contributed by atoms with van der Waals surface area (Å²) in [6.07, 6.45) is 0.629. The van der Waals surface area contributed by atoms with Crippen LogP contribution in [0.4, 0.5) is 0 Å². The van der Waals surface area contributed by atoms with Crippen molar-refractivity contribution in [3.8, 4) is 23.0 Å². The molecular weight excluding hydrogens is 402 g/mol. The summed E-state index contributed by atoms with van der Waals surface area (Å²) in [5.41, 5.74) is 0.870. The number of Topliss-reactive ketones (excluding diaryl/α,β-unsaturated/α-hetero) is 1. The molecule has 1 saturated heterocycles. The average Bonchev–Trinajstić information content (AvgIpc) is 3.33. The molecule has 1 atom stereocenters. The lowest BCUT2D eigenvalue weighted by Gasteiger charge is -2.25. The van der Waals surface area contributed by atoms with Gasteiger partial charge in [0.2, 0.25) is 6.79 Å². The number of ether oxygens (including phenoxy) is 3. The fraction of sp³-hybridized carbons (Fsp3) is 0.304. The molecule has 2 N–H and O–H groups in total. The maximum absolute atomic E-state index is 13.0. The van der Waals surface area contributed by atoms with E-state index < -0.39 is 17.7 Å². The number of benzene rings is 2. The highest BCUT2D eigenvalue weighted by molar-refractivity contribution is 6.46. The van der Waals surface area contributed by atoms with Gasteiger partial charge in [0.25, 0.3) is 11.7 Å². The SMILES string of the molecule is CCCN1C(=O)C(=O)/C(=C(/O)c2ccc3c(c2)OCO3)C1c1ccc(O)c(OCC)c1. The van der Waals surface area contributed by atoms with Gasteiger partial charge in [-0.15, -0.1) is 0 Å². The molecule has 0 saturated carbocycles. The Morgan fingerprint density at radius 2 is 1.90 bits per heavy atom. The molecular formula is C23H23NO7. The molecule has 1 amide bonds. The maximum atomic E-state index is 13.0. The topological polar surface area (TPSA) is 106 Å². The zero-order chi connectivity index (χ0) is 22.1. The Morgan fingerprint density at radius 1 is 1.13 bits per heavy atom. The summed E-state index contributed by atoms with van der Waals surface area (Å²) in [6.45, 7) is 4.43. The summed E-state index contributed by atoms with van der Waals surface area (Å²) in [7, 11) is 0. The zero-order valence-electron chi connectivity index (χ0n) is 17.3. The highest BCUT2D eigenvalue weighted by Gasteiger charge is 2.46. The standard InChI is InChI=1S/C23H23NO7/c1-3-9-24-20(13-5-7-15(25)17(10-13)29-4-2)19(22(27)23(24)28)21(26)14-6-8-16-18(11-14)31-12-30-16/h5-8,10-11,20,25-26H,3-4,9,12H2,1-2H3/b21-19+. The number of aliphatic hydroxyl groups is 1. The Labute approximate surface area is 179 Å². The van der Waals surface area contributed by atoms with E-state index in [9.17, 15) is 19.8 Å². The molecule has 0 aromatic heterocycles.